The summed E-state index contributed by atoms with van der Waals surface area (Å²) in [6.45, 7) is 0. The number of anilines is 3. The van der Waals surface area contributed by atoms with Crippen molar-refractivity contribution in [3.8, 4) is 0 Å². The number of benzene rings is 3. The summed E-state index contributed by atoms with van der Waals surface area (Å²) in [5, 5.41) is 1.17. The van der Waals surface area contributed by atoms with Crippen molar-refractivity contribution in [2.75, 3.05) is 17.2 Å². The van der Waals surface area contributed by atoms with E-state index in [2.05, 4.69) is 0 Å². The summed E-state index contributed by atoms with van der Waals surface area (Å²) in [6.07, 6.45) is 0. The van der Waals surface area contributed by atoms with E-state index in [1.165, 1.54) is 42.5 Å². The van der Waals surface area contributed by atoms with E-state index in [4.69, 9.17) is 26.3 Å². The molecule has 0 aliphatic rings. The first kappa shape index (κ1) is 20.5. The van der Waals surface area contributed by atoms with E-state index in [0.29, 0.717) is 27.8 Å². The first-order valence-electron chi connectivity index (χ1n) is 7.28. The largest absolute Gasteiger partial charge is 0.399 e. The van der Waals surface area contributed by atoms with Crippen LogP contribution in [0, 0.1) is 0 Å². The SMILES string of the molecule is Nc1ccc(N)c2cc(S(=O)(=O)O)ccc12.Nc1cccc(S(=O)(=O)O)c1. The van der Waals surface area contributed by atoms with Crippen molar-refractivity contribution in [1.29, 1.82) is 0 Å². The molecule has 0 heterocycles. The third-order valence-corrected chi connectivity index (χ3v) is 5.21. The predicted molar refractivity (Wildman–Crippen MR) is 103 cm³/mol. The molecule has 0 fully saturated rings. The third kappa shape index (κ3) is 5.08. The molecule has 11 heteroatoms. The van der Waals surface area contributed by atoms with E-state index in [1.807, 2.05) is 0 Å². The lowest BCUT2D eigenvalue weighted by Gasteiger charge is -2.06. The fourth-order valence-corrected chi connectivity index (χ4v) is 3.25. The maximum Gasteiger partial charge on any atom is 0.294 e. The summed E-state index contributed by atoms with van der Waals surface area (Å²) in [5.41, 5.74) is 17.9. The number of hydrogen-bond donors (Lipinski definition) is 5. The van der Waals surface area contributed by atoms with Crippen molar-refractivity contribution in [1.82, 2.24) is 0 Å². The van der Waals surface area contributed by atoms with Gasteiger partial charge in [-0.3, -0.25) is 9.11 Å². The molecule has 8 N–H and O–H groups in total. The summed E-state index contributed by atoms with van der Waals surface area (Å²) in [6, 6.07) is 12.8. The zero-order valence-electron chi connectivity index (χ0n) is 13.8. The van der Waals surface area contributed by atoms with Crippen molar-refractivity contribution < 1.29 is 25.9 Å². The Morgan fingerprint density at radius 3 is 1.63 bits per heavy atom. The molecule has 0 aliphatic heterocycles. The van der Waals surface area contributed by atoms with Gasteiger partial charge in [0.25, 0.3) is 20.2 Å². The first-order chi connectivity index (χ1) is 12.4. The standard InChI is InChI=1S/C10H10N2O3S.C6H7NO3S/c11-9-3-4-10(12)8-5-6(16(13,14)15)1-2-7(8)9;7-5-2-1-3-6(4-5)11(8,9)10/h1-5H,11-12H2,(H,13,14,15);1-4H,7H2,(H,8,9,10). The average Bonchev–Trinajstić information content (AvgIpc) is 2.57. The van der Waals surface area contributed by atoms with Crippen molar-refractivity contribution in [2.45, 2.75) is 9.79 Å². The van der Waals surface area contributed by atoms with Crippen LogP contribution in [0.3, 0.4) is 0 Å². The molecule has 3 aromatic rings. The van der Waals surface area contributed by atoms with Gasteiger partial charge in [-0.2, -0.15) is 16.8 Å². The first-order valence-corrected chi connectivity index (χ1v) is 10.2. The molecule has 0 aliphatic carbocycles. The second-order valence-corrected chi connectivity index (χ2v) is 8.32. The molecular formula is C16H17N3O6S2. The van der Waals surface area contributed by atoms with E-state index in [0.717, 1.165) is 0 Å². The van der Waals surface area contributed by atoms with Gasteiger partial charge in [0.1, 0.15) is 0 Å². The molecule has 0 saturated carbocycles. The zero-order valence-corrected chi connectivity index (χ0v) is 15.4. The normalized spacial score (nSPS) is 11.6. The highest BCUT2D eigenvalue weighted by Gasteiger charge is 2.11. The van der Waals surface area contributed by atoms with Crippen molar-refractivity contribution >= 4 is 48.1 Å². The summed E-state index contributed by atoms with van der Waals surface area (Å²) >= 11 is 0. The van der Waals surface area contributed by atoms with Gasteiger partial charge in [-0.15, -0.1) is 0 Å². The molecule has 27 heavy (non-hydrogen) atoms. The second-order valence-electron chi connectivity index (χ2n) is 5.47. The lowest BCUT2D eigenvalue weighted by Crippen LogP contribution is -1.99. The Morgan fingerprint density at radius 1 is 0.630 bits per heavy atom. The van der Waals surface area contributed by atoms with E-state index < -0.39 is 20.2 Å². The van der Waals surface area contributed by atoms with E-state index in [1.54, 1.807) is 12.1 Å². The van der Waals surface area contributed by atoms with Crippen LogP contribution in [-0.4, -0.2) is 25.9 Å². The summed E-state index contributed by atoms with van der Waals surface area (Å²) < 4.78 is 60.3. The second kappa shape index (κ2) is 7.40. The van der Waals surface area contributed by atoms with E-state index >= 15 is 0 Å². The van der Waals surface area contributed by atoms with Crippen LogP contribution in [0.1, 0.15) is 0 Å². The lowest BCUT2D eigenvalue weighted by molar-refractivity contribution is 0.481. The molecule has 0 aromatic heterocycles. The van der Waals surface area contributed by atoms with Gasteiger partial charge in [-0.25, -0.2) is 0 Å². The van der Waals surface area contributed by atoms with Gasteiger partial charge in [-0.05, 0) is 42.5 Å². The predicted octanol–water partition coefficient (Wildman–Crippen LogP) is 1.77. The van der Waals surface area contributed by atoms with Gasteiger partial charge in [0.15, 0.2) is 0 Å². The van der Waals surface area contributed by atoms with Crippen LogP contribution in [0.15, 0.2) is 64.4 Å². The van der Waals surface area contributed by atoms with Crippen LogP contribution >= 0.6 is 0 Å². The Kier molecular flexibility index (Phi) is 5.61. The maximum absolute atomic E-state index is 11.0. The third-order valence-electron chi connectivity index (χ3n) is 3.51. The van der Waals surface area contributed by atoms with Gasteiger partial charge in [0.2, 0.25) is 0 Å². The minimum absolute atomic E-state index is 0.183. The zero-order chi connectivity index (χ0) is 20.4. The molecule has 0 amide bonds. The molecule has 0 saturated heterocycles. The topological polar surface area (TPSA) is 187 Å². The minimum atomic E-state index is -4.22. The van der Waals surface area contributed by atoms with Gasteiger partial charge >= 0.3 is 0 Å². The summed E-state index contributed by atoms with van der Waals surface area (Å²) in [7, 11) is -8.33. The number of hydrogen-bond acceptors (Lipinski definition) is 7. The molecule has 0 spiro atoms. The monoisotopic (exact) mass is 411 g/mol. The molecule has 0 bridgehead atoms. The Bertz CT molecular complexity index is 1210. The van der Waals surface area contributed by atoms with Crippen LogP contribution < -0.4 is 17.2 Å². The number of rotatable bonds is 2. The fourth-order valence-electron chi connectivity index (χ4n) is 2.21. The van der Waals surface area contributed by atoms with Crippen molar-refractivity contribution in [3.05, 3.63) is 54.6 Å². The number of fused-ring (bicyclic) bond motifs is 1. The molecule has 144 valence electrons. The van der Waals surface area contributed by atoms with Crippen molar-refractivity contribution in [3.63, 3.8) is 0 Å². The van der Waals surface area contributed by atoms with Crippen LogP contribution in [0.2, 0.25) is 0 Å². The van der Waals surface area contributed by atoms with Gasteiger partial charge in [0, 0.05) is 27.8 Å². The highest BCUT2D eigenvalue weighted by atomic mass is 32.2. The Morgan fingerprint density at radius 2 is 1.15 bits per heavy atom. The Balaban J connectivity index is 0.000000208. The maximum atomic E-state index is 11.0. The van der Waals surface area contributed by atoms with Crippen LogP contribution in [0.5, 0.6) is 0 Å². The smallest absolute Gasteiger partial charge is 0.294 e. The minimum Gasteiger partial charge on any atom is -0.399 e. The fraction of sp³-hybridized carbons (Fsp3) is 0. The van der Waals surface area contributed by atoms with Crippen LogP contribution in [0.4, 0.5) is 17.1 Å². The highest BCUT2D eigenvalue weighted by molar-refractivity contribution is 7.86. The molecule has 0 atom stereocenters. The van der Waals surface area contributed by atoms with E-state index in [-0.39, 0.29) is 9.79 Å². The average molecular weight is 411 g/mol. The molecule has 3 aromatic carbocycles. The number of nitrogens with two attached hydrogens (primary N) is 3. The molecule has 3 rings (SSSR count). The molecule has 0 radical (unpaired) electrons. The van der Waals surface area contributed by atoms with Gasteiger partial charge < -0.3 is 17.2 Å². The summed E-state index contributed by atoms with van der Waals surface area (Å²) in [4.78, 5) is -0.380. The lowest BCUT2D eigenvalue weighted by atomic mass is 10.1. The van der Waals surface area contributed by atoms with Crippen molar-refractivity contribution in [2.24, 2.45) is 0 Å². The molecular weight excluding hydrogens is 394 g/mol. The van der Waals surface area contributed by atoms with Gasteiger partial charge in [-0.1, -0.05) is 12.1 Å². The van der Waals surface area contributed by atoms with E-state index in [9.17, 15) is 16.8 Å². The Hall–Kier alpha value is -2.86. The Labute approximate surface area is 155 Å². The quantitative estimate of drug-likeness (QED) is 0.309. The van der Waals surface area contributed by atoms with Crippen LogP contribution in [-0.2, 0) is 20.2 Å². The summed E-state index contributed by atoms with van der Waals surface area (Å²) in [5.74, 6) is 0. The number of nitrogen functional groups attached to an aromatic ring is 3. The van der Waals surface area contributed by atoms with Crippen LogP contribution in [0.25, 0.3) is 10.8 Å². The molecule has 9 nitrogen and oxygen atoms in total. The highest BCUT2D eigenvalue weighted by Crippen LogP contribution is 2.28. The van der Waals surface area contributed by atoms with Gasteiger partial charge in [0.05, 0.1) is 9.79 Å². The molecule has 0 unspecified atom stereocenters.